The maximum absolute atomic E-state index is 5.99. The van der Waals surface area contributed by atoms with Crippen LogP contribution >= 0.6 is 11.6 Å². The second-order valence-electron chi connectivity index (χ2n) is 7.39. The van der Waals surface area contributed by atoms with Gasteiger partial charge in [-0.05, 0) is 68.5 Å². The van der Waals surface area contributed by atoms with Crippen molar-refractivity contribution in [3.8, 4) is 5.75 Å². The van der Waals surface area contributed by atoms with Crippen molar-refractivity contribution in [2.24, 2.45) is 0 Å². The van der Waals surface area contributed by atoms with Crippen LogP contribution in [-0.4, -0.2) is 28.3 Å². The summed E-state index contributed by atoms with van der Waals surface area (Å²) in [6.07, 6.45) is 5.72. The van der Waals surface area contributed by atoms with Gasteiger partial charge in [-0.15, -0.1) is 0 Å². The zero-order valence-electron chi connectivity index (χ0n) is 15.4. The first kappa shape index (κ1) is 18.0. The topological polar surface area (TPSA) is 56.3 Å². The van der Waals surface area contributed by atoms with Gasteiger partial charge >= 0.3 is 0 Å². The predicted molar refractivity (Wildman–Crippen MR) is 108 cm³/mol. The van der Waals surface area contributed by atoms with Crippen LogP contribution in [0.25, 0.3) is 10.8 Å². The summed E-state index contributed by atoms with van der Waals surface area (Å²) >= 11 is 5.84. The molecule has 1 aliphatic heterocycles. The normalized spacial score (nSPS) is 18.6. The number of aromatic nitrogens is 2. The number of ether oxygens (including phenoxy) is 2. The molecule has 4 rings (SSSR count). The lowest BCUT2D eigenvalue weighted by Gasteiger charge is -2.19. The van der Waals surface area contributed by atoms with Crippen molar-refractivity contribution in [3.63, 3.8) is 0 Å². The van der Waals surface area contributed by atoms with E-state index in [4.69, 9.17) is 21.1 Å². The number of anilines is 2. The molecule has 0 unspecified atom stereocenters. The van der Waals surface area contributed by atoms with Crippen LogP contribution in [0.3, 0.4) is 0 Å². The molecule has 1 aliphatic rings. The van der Waals surface area contributed by atoms with Crippen LogP contribution in [-0.2, 0) is 4.74 Å². The highest BCUT2D eigenvalue weighted by molar-refractivity contribution is 6.29. The molecule has 5 nitrogen and oxygen atoms in total. The summed E-state index contributed by atoms with van der Waals surface area (Å²) in [6.45, 7) is 4.82. The molecule has 0 amide bonds. The SMILES string of the molecule is CC1(C)CC[C@@H](COc2ccc3c(Nc4ccc(Cl)nc4)nccc3c2)O1. The Kier molecular flexibility index (Phi) is 4.89. The number of nitrogens with one attached hydrogen (secondary N) is 1. The number of hydrogen-bond donors (Lipinski definition) is 1. The van der Waals surface area contributed by atoms with E-state index in [9.17, 15) is 0 Å². The fraction of sp³-hybridized carbons (Fsp3) is 0.333. The zero-order valence-corrected chi connectivity index (χ0v) is 16.2. The molecule has 1 N–H and O–H groups in total. The molecular formula is C21H22ClN3O2. The molecule has 0 aliphatic carbocycles. The van der Waals surface area contributed by atoms with E-state index in [0.717, 1.165) is 40.9 Å². The summed E-state index contributed by atoms with van der Waals surface area (Å²) in [5, 5.41) is 5.81. The number of benzene rings is 1. The molecular weight excluding hydrogens is 362 g/mol. The number of halogens is 1. The fourth-order valence-corrected chi connectivity index (χ4v) is 3.43. The van der Waals surface area contributed by atoms with Crippen LogP contribution in [0.2, 0.25) is 5.15 Å². The predicted octanol–water partition coefficient (Wildman–Crippen LogP) is 5.36. The van der Waals surface area contributed by atoms with Crippen molar-refractivity contribution in [2.45, 2.75) is 38.4 Å². The molecule has 0 spiro atoms. The molecule has 1 atom stereocenters. The van der Waals surface area contributed by atoms with E-state index in [-0.39, 0.29) is 11.7 Å². The first-order valence-electron chi connectivity index (χ1n) is 9.06. The lowest BCUT2D eigenvalue weighted by molar-refractivity contribution is -0.0326. The Bertz CT molecular complexity index is 944. The van der Waals surface area contributed by atoms with E-state index < -0.39 is 0 Å². The molecule has 0 bridgehead atoms. The van der Waals surface area contributed by atoms with Gasteiger partial charge in [-0.3, -0.25) is 0 Å². The van der Waals surface area contributed by atoms with Crippen molar-refractivity contribution >= 4 is 33.9 Å². The van der Waals surface area contributed by atoms with E-state index in [0.29, 0.717) is 11.8 Å². The molecule has 0 saturated carbocycles. The Hall–Kier alpha value is -2.37. The van der Waals surface area contributed by atoms with Gasteiger partial charge < -0.3 is 14.8 Å². The quantitative estimate of drug-likeness (QED) is 0.601. The maximum Gasteiger partial charge on any atom is 0.138 e. The summed E-state index contributed by atoms with van der Waals surface area (Å²) in [4.78, 5) is 8.53. The van der Waals surface area contributed by atoms with Crippen LogP contribution in [0.5, 0.6) is 5.75 Å². The number of rotatable bonds is 5. The molecule has 1 saturated heterocycles. The minimum atomic E-state index is -0.0415. The molecule has 6 heteroatoms. The largest absolute Gasteiger partial charge is 0.491 e. The number of pyridine rings is 2. The van der Waals surface area contributed by atoms with Gasteiger partial charge in [0.05, 0.1) is 23.6 Å². The van der Waals surface area contributed by atoms with Crippen LogP contribution in [0.4, 0.5) is 11.5 Å². The van der Waals surface area contributed by atoms with E-state index in [1.807, 2.05) is 30.3 Å². The number of fused-ring (bicyclic) bond motifs is 1. The molecule has 3 heterocycles. The van der Waals surface area contributed by atoms with E-state index in [2.05, 4.69) is 29.1 Å². The Morgan fingerprint density at radius 2 is 2.11 bits per heavy atom. The third-order valence-corrected chi connectivity index (χ3v) is 4.94. The second kappa shape index (κ2) is 7.33. The van der Waals surface area contributed by atoms with Crippen LogP contribution in [0.1, 0.15) is 26.7 Å². The fourth-order valence-electron chi connectivity index (χ4n) is 3.32. The highest BCUT2D eigenvalue weighted by Gasteiger charge is 2.31. The van der Waals surface area contributed by atoms with Gasteiger partial charge in [0.15, 0.2) is 0 Å². The summed E-state index contributed by atoms with van der Waals surface area (Å²) in [6, 6.07) is 11.6. The van der Waals surface area contributed by atoms with Gasteiger partial charge in [0.2, 0.25) is 0 Å². The highest BCUT2D eigenvalue weighted by atomic mass is 35.5. The second-order valence-corrected chi connectivity index (χ2v) is 7.77. The monoisotopic (exact) mass is 383 g/mol. The van der Waals surface area contributed by atoms with Gasteiger partial charge in [0.1, 0.15) is 23.3 Å². The lowest BCUT2D eigenvalue weighted by Crippen LogP contribution is -2.23. The van der Waals surface area contributed by atoms with E-state index in [1.54, 1.807) is 18.5 Å². The minimum Gasteiger partial charge on any atom is -0.491 e. The standard InChI is InChI=1S/C21H22ClN3O2/c1-21(2)9-7-17(27-21)13-26-16-4-5-18-14(11-16)8-10-23-20(18)25-15-3-6-19(22)24-12-15/h3-6,8,10-12,17H,7,9,13H2,1-2H3,(H,23,25)/t17-/m0/s1. The van der Waals surface area contributed by atoms with Crippen molar-refractivity contribution < 1.29 is 9.47 Å². The first-order valence-corrected chi connectivity index (χ1v) is 9.44. The van der Waals surface area contributed by atoms with E-state index in [1.165, 1.54) is 0 Å². The third-order valence-electron chi connectivity index (χ3n) is 4.72. The van der Waals surface area contributed by atoms with Gasteiger partial charge in [-0.25, -0.2) is 9.97 Å². The zero-order chi connectivity index (χ0) is 18.9. The average molecular weight is 384 g/mol. The molecule has 140 valence electrons. The Labute approximate surface area is 163 Å². The van der Waals surface area contributed by atoms with Crippen LogP contribution < -0.4 is 10.1 Å². The highest BCUT2D eigenvalue weighted by Crippen LogP contribution is 2.31. The summed E-state index contributed by atoms with van der Waals surface area (Å²) < 4.78 is 12.0. The molecule has 3 aromatic rings. The summed E-state index contributed by atoms with van der Waals surface area (Å²) in [5.74, 6) is 1.60. The number of hydrogen-bond acceptors (Lipinski definition) is 5. The van der Waals surface area contributed by atoms with Gasteiger partial charge in [-0.2, -0.15) is 0 Å². The average Bonchev–Trinajstić information content (AvgIpc) is 3.01. The van der Waals surface area contributed by atoms with Crippen molar-refractivity contribution in [2.75, 3.05) is 11.9 Å². The van der Waals surface area contributed by atoms with Crippen molar-refractivity contribution in [1.29, 1.82) is 0 Å². The molecule has 27 heavy (non-hydrogen) atoms. The molecule has 1 aromatic carbocycles. The Balaban J connectivity index is 1.49. The Morgan fingerprint density at radius 1 is 1.22 bits per heavy atom. The molecule has 2 aromatic heterocycles. The molecule has 0 radical (unpaired) electrons. The van der Waals surface area contributed by atoms with Crippen molar-refractivity contribution in [3.05, 3.63) is 53.9 Å². The summed E-state index contributed by atoms with van der Waals surface area (Å²) in [7, 11) is 0. The maximum atomic E-state index is 5.99. The summed E-state index contributed by atoms with van der Waals surface area (Å²) in [5.41, 5.74) is 0.793. The van der Waals surface area contributed by atoms with Gasteiger partial charge in [-0.1, -0.05) is 11.6 Å². The van der Waals surface area contributed by atoms with Gasteiger partial charge in [0, 0.05) is 11.6 Å². The van der Waals surface area contributed by atoms with Gasteiger partial charge in [0.25, 0.3) is 0 Å². The first-order chi connectivity index (χ1) is 13.0. The molecule has 1 fully saturated rings. The minimum absolute atomic E-state index is 0.0415. The third kappa shape index (κ3) is 4.31. The number of nitrogens with zero attached hydrogens (tertiary/aromatic N) is 2. The Morgan fingerprint density at radius 3 is 2.85 bits per heavy atom. The van der Waals surface area contributed by atoms with E-state index >= 15 is 0 Å². The van der Waals surface area contributed by atoms with Crippen LogP contribution in [0, 0.1) is 0 Å². The van der Waals surface area contributed by atoms with Crippen LogP contribution in [0.15, 0.2) is 48.8 Å². The van der Waals surface area contributed by atoms with Crippen molar-refractivity contribution in [1.82, 2.24) is 9.97 Å². The lowest BCUT2D eigenvalue weighted by atomic mass is 10.1. The smallest absolute Gasteiger partial charge is 0.138 e.